The van der Waals surface area contributed by atoms with Gasteiger partial charge in [-0.3, -0.25) is 9.59 Å². The lowest BCUT2D eigenvalue weighted by molar-refractivity contribution is -0.132. The van der Waals surface area contributed by atoms with Gasteiger partial charge in [0.05, 0.1) is 11.4 Å². The Bertz CT molecular complexity index is 1080. The van der Waals surface area contributed by atoms with Gasteiger partial charge in [-0.15, -0.1) is 0 Å². The lowest BCUT2D eigenvalue weighted by Crippen LogP contribution is -2.45. The first-order valence-corrected chi connectivity index (χ1v) is 12.9. The fourth-order valence-electron chi connectivity index (χ4n) is 4.04. The second-order valence-corrected chi connectivity index (χ2v) is 10.7. The molecule has 0 aromatic heterocycles. The number of amides is 2. The number of benzene rings is 2. The Labute approximate surface area is 200 Å². The van der Waals surface area contributed by atoms with Gasteiger partial charge < -0.3 is 10.2 Å². The number of hydrogen-bond acceptors (Lipinski definition) is 4. The van der Waals surface area contributed by atoms with Crippen molar-refractivity contribution in [3.05, 3.63) is 59.1 Å². The number of sulfonamides is 1. The molecule has 1 aliphatic rings. The Morgan fingerprint density at radius 3 is 2.27 bits per heavy atom. The number of anilines is 1. The highest BCUT2D eigenvalue weighted by Gasteiger charge is 2.30. The van der Waals surface area contributed by atoms with Crippen LogP contribution in [0, 0.1) is 0 Å². The topological polar surface area (TPSA) is 86.8 Å². The molecule has 33 heavy (non-hydrogen) atoms. The van der Waals surface area contributed by atoms with Gasteiger partial charge in [0.25, 0.3) is 0 Å². The molecule has 0 saturated heterocycles. The Balaban J connectivity index is 1.87. The molecule has 0 bridgehead atoms. The molecular formula is C24H30ClN3O4S. The van der Waals surface area contributed by atoms with Gasteiger partial charge in [-0.25, -0.2) is 8.42 Å². The normalized spacial score (nSPS) is 14.8. The van der Waals surface area contributed by atoms with Gasteiger partial charge >= 0.3 is 0 Å². The highest BCUT2D eigenvalue weighted by molar-refractivity contribution is 7.89. The van der Waals surface area contributed by atoms with Gasteiger partial charge in [-0.05, 0) is 48.7 Å². The monoisotopic (exact) mass is 491 g/mol. The summed E-state index contributed by atoms with van der Waals surface area (Å²) < 4.78 is 28.3. The van der Waals surface area contributed by atoms with Crippen molar-refractivity contribution >= 4 is 39.1 Å². The molecule has 3 rings (SSSR count). The van der Waals surface area contributed by atoms with Crippen molar-refractivity contribution in [2.24, 2.45) is 0 Å². The average molecular weight is 492 g/mol. The number of nitrogens with one attached hydrogen (secondary N) is 1. The van der Waals surface area contributed by atoms with Crippen LogP contribution >= 0.6 is 11.6 Å². The summed E-state index contributed by atoms with van der Waals surface area (Å²) in [7, 11) is -2.26. The highest BCUT2D eigenvalue weighted by atomic mass is 35.5. The zero-order valence-corrected chi connectivity index (χ0v) is 20.5. The van der Waals surface area contributed by atoms with Crippen LogP contribution in [0.15, 0.2) is 53.4 Å². The van der Waals surface area contributed by atoms with E-state index >= 15 is 0 Å². The molecule has 0 spiro atoms. The van der Waals surface area contributed by atoms with Crippen molar-refractivity contribution in [2.75, 3.05) is 18.9 Å². The fourth-order valence-corrected chi connectivity index (χ4v) is 5.60. The van der Waals surface area contributed by atoms with Gasteiger partial charge in [-0.2, -0.15) is 4.31 Å². The van der Waals surface area contributed by atoms with E-state index in [0.29, 0.717) is 16.3 Å². The smallest absolute Gasteiger partial charge is 0.243 e. The number of carbonyl (C=O) groups excluding carboxylic acids is 2. The fraction of sp³-hybridized carbons (Fsp3) is 0.417. The second kappa shape index (κ2) is 11.1. The summed E-state index contributed by atoms with van der Waals surface area (Å²) in [5, 5.41) is 3.05. The number of halogens is 1. The van der Waals surface area contributed by atoms with Gasteiger partial charge in [0.15, 0.2) is 0 Å². The predicted molar refractivity (Wildman–Crippen MR) is 129 cm³/mol. The molecule has 0 unspecified atom stereocenters. The number of likely N-dealkylation sites (N-methyl/N-ethyl adjacent to an activating group) is 1. The van der Waals surface area contributed by atoms with E-state index in [9.17, 15) is 18.0 Å². The first-order valence-electron chi connectivity index (χ1n) is 11.1. The van der Waals surface area contributed by atoms with Crippen molar-refractivity contribution in [3.63, 3.8) is 0 Å². The molecule has 7 nitrogen and oxygen atoms in total. The third-order valence-corrected chi connectivity index (χ3v) is 8.12. The predicted octanol–water partition coefficient (Wildman–Crippen LogP) is 4.28. The maximum Gasteiger partial charge on any atom is 0.243 e. The molecule has 1 saturated carbocycles. The highest BCUT2D eigenvalue weighted by Crippen LogP contribution is 2.25. The number of rotatable bonds is 8. The quantitative estimate of drug-likeness (QED) is 0.597. The lowest BCUT2D eigenvalue weighted by atomic mass is 9.94. The molecule has 1 N–H and O–H groups in total. The maximum atomic E-state index is 13.5. The number of hydrogen-bond donors (Lipinski definition) is 1. The van der Waals surface area contributed by atoms with Crippen molar-refractivity contribution in [2.45, 2.75) is 56.5 Å². The molecule has 1 fully saturated rings. The van der Waals surface area contributed by atoms with Crippen LogP contribution in [0.25, 0.3) is 0 Å². The average Bonchev–Trinajstić information content (AvgIpc) is 2.80. The van der Waals surface area contributed by atoms with E-state index in [1.807, 2.05) is 0 Å². The maximum absolute atomic E-state index is 13.5. The molecule has 178 valence electrons. The van der Waals surface area contributed by atoms with E-state index < -0.39 is 10.0 Å². The van der Waals surface area contributed by atoms with Crippen molar-refractivity contribution < 1.29 is 18.0 Å². The van der Waals surface area contributed by atoms with Crippen LogP contribution in [0.3, 0.4) is 0 Å². The van der Waals surface area contributed by atoms with Crippen molar-refractivity contribution in [1.29, 1.82) is 0 Å². The lowest BCUT2D eigenvalue weighted by Gasteiger charge is -2.33. The summed E-state index contributed by atoms with van der Waals surface area (Å²) in [5.41, 5.74) is 1.11. The first-order chi connectivity index (χ1) is 15.7. The van der Waals surface area contributed by atoms with Crippen LogP contribution in [0.4, 0.5) is 5.69 Å². The van der Waals surface area contributed by atoms with Crippen LogP contribution in [0.2, 0.25) is 5.02 Å². The second-order valence-electron chi connectivity index (χ2n) is 8.37. The zero-order chi connectivity index (χ0) is 24.0. The van der Waals surface area contributed by atoms with Gasteiger partial charge in [0.1, 0.15) is 0 Å². The molecule has 1 aliphatic carbocycles. The Kier molecular flexibility index (Phi) is 8.51. The first kappa shape index (κ1) is 25.2. The largest absolute Gasteiger partial charge is 0.342 e. The van der Waals surface area contributed by atoms with Gasteiger partial charge in [0.2, 0.25) is 21.8 Å². The molecule has 9 heteroatoms. The molecule has 2 aromatic carbocycles. The number of carbonyl (C=O) groups is 2. The minimum Gasteiger partial charge on any atom is -0.342 e. The standard InChI is InChI=1S/C24H30ClN3O4S/c1-18(29)26-20-12-14-22(15-13-20)33(31,32)28(16-19-8-6-7-11-23(19)25)17-24(30)27(2)21-9-4-3-5-10-21/h6-8,11-15,21H,3-5,9-10,16-17H2,1-2H3,(H,26,29). The van der Waals surface area contributed by atoms with Crippen LogP contribution in [0.1, 0.15) is 44.6 Å². The van der Waals surface area contributed by atoms with E-state index in [1.165, 1.54) is 41.9 Å². The number of nitrogens with zero attached hydrogens (tertiary/aromatic N) is 2. The Hall–Kier alpha value is -2.42. The third-order valence-electron chi connectivity index (χ3n) is 5.94. The molecule has 0 atom stereocenters. The Morgan fingerprint density at radius 2 is 1.67 bits per heavy atom. The van der Waals surface area contributed by atoms with Crippen molar-refractivity contribution in [1.82, 2.24) is 9.21 Å². The summed E-state index contributed by atoms with van der Waals surface area (Å²) >= 11 is 6.30. The molecular weight excluding hydrogens is 462 g/mol. The van der Waals surface area contributed by atoms with E-state index in [4.69, 9.17) is 11.6 Å². The van der Waals surface area contributed by atoms with Crippen molar-refractivity contribution in [3.8, 4) is 0 Å². The third kappa shape index (κ3) is 6.56. The van der Waals surface area contributed by atoms with Crippen LogP contribution in [-0.4, -0.2) is 49.1 Å². The zero-order valence-electron chi connectivity index (χ0n) is 19.0. The van der Waals surface area contributed by atoms with Crippen LogP contribution < -0.4 is 5.32 Å². The van der Waals surface area contributed by atoms with Gasteiger partial charge in [0, 0.05) is 37.3 Å². The van der Waals surface area contributed by atoms with E-state index in [2.05, 4.69) is 5.32 Å². The van der Waals surface area contributed by atoms with Crippen LogP contribution in [0.5, 0.6) is 0 Å². The van der Waals surface area contributed by atoms with Gasteiger partial charge in [-0.1, -0.05) is 49.1 Å². The van der Waals surface area contributed by atoms with Crippen LogP contribution in [-0.2, 0) is 26.2 Å². The van der Waals surface area contributed by atoms with E-state index in [-0.39, 0.29) is 35.8 Å². The minimum absolute atomic E-state index is 0.0281. The molecule has 0 heterocycles. The van der Waals surface area contributed by atoms with E-state index in [1.54, 1.807) is 36.2 Å². The summed E-state index contributed by atoms with van der Waals surface area (Å²) in [6.45, 7) is 1.07. The summed E-state index contributed by atoms with van der Waals surface area (Å²) in [6.07, 6.45) is 5.18. The summed E-state index contributed by atoms with van der Waals surface area (Å²) in [4.78, 5) is 26.1. The summed E-state index contributed by atoms with van der Waals surface area (Å²) in [5.74, 6) is -0.491. The molecule has 2 aromatic rings. The summed E-state index contributed by atoms with van der Waals surface area (Å²) in [6, 6.07) is 13.0. The molecule has 0 radical (unpaired) electrons. The van der Waals surface area contributed by atoms with E-state index in [0.717, 1.165) is 25.7 Å². The molecule has 2 amide bonds. The minimum atomic E-state index is -4.01. The molecule has 0 aliphatic heterocycles. The SMILES string of the molecule is CC(=O)Nc1ccc(S(=O)(=O)N(CC(=O)N(C)C2CCCCC2)Cc2ccccc2Cl)cc1. The Morgan fingerprint density at radius 1 is 1.03 bits per heavy atom.